The van der Waals surface area contributed by atoms with E-state index in [2.05, 4.69) is 5.32 Å². The molecule has 116 valence electrons. The maximum atomic E-state index is 12.4. The van der Waals surface area contributed by atoms with Crippen LogP contribution in [-0.2, 0) is 4.74 Å². The van der Waals surface area contributed by atoms with Crippen molar-refractivity contribution in [3.05, 3.63) is 18.2 Å². The van der Waals surface area contributed by atoms with Crippen LogP contribution >= 0.6 is 0 Å². The molecule has 1 aromatic rings. The number of benzene rings is 1. The Balaban J connectivity index is 2.11. The first-order valence-electron chi connectivity index (χ1n) is 6.97. The number of nitrogens with one attached hydrogen (secondary N) is 1. The molecule has 2 rings (SSSR count). The normalized spacial score (nSPS) is 21.8. The van der Waals surface area contributed by atoms with Gasteiger partial charge in [-0.1, -0.05) is 0 Å². The van der Waals surface area contributed by atoms with E-state index >= 15 is 0 Å². The van der Waals surface area contributed by atoms with Gasteiger partial charge in [-0.25, -0.2) is 4.79 Å². The summed E-state index contributed by atoms with van der Waals surface area (Å²) in [7, 11) is 3.15. The molecule has 0 aromatic heterocycles. The lowest BCUT2D eigenvalue weighted by molar-refractivity contribution is -0.0530. The van der Waals surface area contributed by atoms with Gasteiger partial charge in [0.05, 0.1) is 32.1 Å². The van der Waals surface area contributed by atoms with Gasteiger partial charge in [-0.15, -0.1) is 0 Å². The van der Waals surface area contributed by atoms with Gasteiger partial charge in [0.15, 0.2) is 0 Å². The molecule has 0 radical (unpaired) electrons. The van der Waals surface area contributed by atoms with Crippen LogP contribution in [0.3, 0.4) is 0 Å². The van der Waals surface area contributed by atoms with Crippen molar-refractivity contribution >= 4 is 11.7 Å². The van der Waals surface area contributed by atoms with E-state index in [0.29, 0.717) is 30.3 Å². The summed E-state index contributed by atoms with van der Waals surface area (Å²) in [5, 5.41) is 2.87. The molecule has 6 heteroatoms. The predicted molar refractivity (Wildman–Crippen MR) is 80.1 cm³/mol. The van der Waals surface area contributed by atoms with Crippen molar-refractivity contribution in [2.24, 2.45) is 0 Å². The summed E-state index contributed by atoms with van der Waals surface area (Å²) in [5.74, 6) is 1.26. The minimum Gasteiger partial charge on any atom is -0.497 e. The molecule has 0 unspecified atom stereocenters. The summed E-state index contributed by atoms with van der Waals surface area (Å²) in [6.07, 6.45) is 0.0680. The summed E-state index contributed by atoms with van der Waals surface area (Å²) < 4.78 is 16.1. The molecule has 2 amide bonds. The van der Waals surface area contributed by atoms with E-state index in [4.69, 9.17) is 14.2 Å². The number of hydrogen-bond acceptors (Lipinski definition) is 4. The highest BCUT2D eigenvalue weighted by Gasteiger charge is 2.26. The molecule has 1 aromatic carbocycles. The van der Waals surface area contributed by atoms with E-state index in [1.807, 2.05) is 13.8 Å². The Bertz CT molecular complexity index is 496. The van der Waals surface area contributed by atoms with Gasteiger partial charge in [0.2, 0.25) is 0 Å². The lowest BCUT2D eigenvalue weighted by atomic mass is 10.2. The molecule has 0 spiro atoms. The first kappa shape index (κ1) is 15.4. The monoisotopic (exact) mass is 294 g/mol. The zero-order valence-electron chi connectivity index (χ0n) is 12.9. The number of anilines is 1. The number of rotatable bonds is 3. The second-order valence-electron chi connectivity index (χ2n) is 5.16. The van der Waals surface area contributed by atoms with Gasteiger partial charge in [-0.3, -0.25) is 0 Å². The van der Waals surface area contributed by atoms with Crippen LogP contribution in [0.1, 0.15) is 13.8 Å². The minimum absolute atomic E-state index is 0.0340. The third kappa shape index (κ3) is 3.78. The van der Waals surface area contributed by atoms with Gasteiger partial charge in [0, 0.05) is 19.2 Å². The molecule has 1 aliphatic heterocycles. The Hall–Kier alpha value is -1.95. The molecule has 6 nitrogen and oxygen atoms in total. The third-order valence-electron chi connectivity index (χ3n) is 3.36. The van der Waals surface area contributed by atoms with E-state index in [-0.39, 0.29) is 18.2 Å². The summed E-state index contributed by atoms with van der Waals surface area (Å²) in [6.45, 7) is 5.06. The molecular formula is C15H22N2O4. The number of urea groups is 1. The maximum Gasteiger partial charge on any atom is 0.322 e. The highest BCUT2D eigenvalue weighted by molar-refractivity contribution is 5.91. The fourth-order valence-corrected chi connectivity index (χ4v) is 2.45. The standard InChI is InChI=1S/C15H22N2O4/c1-10-8-17(9-11(2)21-10)15(18)16-13-7-12(19-3)5-6-14(13)20-4/h5-7,10-11H,8-9H2,1-4H3,(H,16,18)/t10-,11-/m0/s1. The quantitative estimate of drug-likeness (QED) is 0.929. The van der Waals surface area contributed by atoms with Crippen LogP contribution in [-0.4, -0.2) is 50.4 Å². The van der Waals surface area contributed by atoms with E-state index in [1.165, 1.54) is 0 Å². The molecule has 0 aliphatic carbocycles. The summed E-state index contributed by atoms with van der Waals surface area (Å²) in [5.41, 5.74) is 0.591. The molecule has 1 saturated heterocycles. The summed E-state index contributed by atoms with van der Waals surface area (Å²) in [6, 6.07) is 5.12. The predicted octanol–water partition coefficient (Wildman–Crippen LogP) is 2.34. The van der Waals surface area contributed by atoms with E-state index in [1.54, 1.807) is 37.3 Å². The van der Waals surface area contributed by atoms with Crippen LogP contribution in [0.4, 0.5) is 10.5 Å². The van der Waals surface area contributed by atoms with E-state index in [9.17, 15) is 4.79 Å². The van der Waals surface area contributed by atoms with E-state index in [0.717, 1.165) is 0 Å². The van der Waals surface area contributed by atoms with Crippen molar-refractivity contribution < 1.29 is 19.0 Å². The lowest BCUT2D eigenvalue weighted by Crippen LogP contribution is -2.49. The van der Waals surface area contributed by atoms with Gasteiger partial charge in [0.25, 0.3) is 0 Å². The average Bonchev–Trinajstić information content (AvgIpc) is 2.46. The van der Waals surface area contributed by atoms with Crippen molar-refractivity contribution in [3.63, 3.8) is 0 Å². The first-order valence-corrected chi connectivity index (χ1v) is 6.97. The average molecular weight is 294 g/mol. The fourth-order valence-electron chi connectivity index (χ4n) is 2.45. The largest absolute Gasteiger partial charge is 0.497 e. The van der Waals surface area contributed by atoms with Crippen LogP contribution in [0.2, 0.25) is 0 Å². The molecule has 0 bridgehead atoms. The van der Waals surface area contributed by atoms with E-state index < -0.39 is 0 Å². The van der Waals surface area contributed by atoms with Crippen LogP contribution in [0.15, 0.2) is 18.2 Å². The topological polar surface area (TPSA) is 60.0 Å². The number of amides is 2. The minimum atomic E-state index is -0.163. The van der Waals surface area contributed by atoms with Crippen LogP contribution in [0, 0.1) is 0 Å². The number of carbonyl (C=O) groups excluding carboxylic acids is 1. The maximum absolute atomic E-state index is 12.4. The Morgan fingerprint density at radius 2 is 1.90 bits per heavy atom. The van der Waals surface area contributed by atoms with Gasteiger partial charge >= 0.3 is 6.03 Å². The van der Waals surface area contributed by atoms with Crippen molar-refractivity contribution in [2.45, 2.75) is 26.1 Å². The Kier molecular flexibility index (Phi) is 4.90. The van der Waals surface area contributed by atoms with Crippen LogP contribution in [0.5, 0.6) is 11.5 Å². The molecule has 1 N–H and O–H groups in total. The highest BCUT2D eigenvalue weighted by atomic mass is 16.5. The second-order valence-corrected chi connectivity index (χ2v) is 5.16. The second kappa shape index (κ2) is 6.67. The molecule has 21 heavy (non-hydrogen) atoms. The molecule has 1 heterocycles. The lowest BCUT2D eigenvalue weighted by Gasteiger charge is -2.35. The van der Waals surface area contributed by atoms with Crippen LogP contribution in [0.25, 0.3) is 0 Å². The van der Waals surface area contributed by atoms with Crippen molar-refractivity contribution in [1.82, 2.24) is 4.90 Å². The zero-order chi connectivity index (χ0) is 15.4. The Morgan fingerprint density at radius 1 is 1.24 bits per heavy atom. The molecule has 0 saturated carbocycles. The molecule has 2 atom stereocenters. The smallest absolute Gasteiger partial charge is 0.322 e. The number of nitrogens with zero attached hydrogens (tertiary/aromatic N) is 1. The van der Waals surface area contributed by atoms with Gasteiger partial charge in [-0.05, 0) is 26.0 Å². The number of hydrogen-bond donors (Lipinski definition) is 1. The SMILES string of the molecule is COc1ccc(OC)c(NC(=O)N2C[C@H](C)O[C@@H](C)C2)c1. The third-order valence-corrected chi connectivity index (χ3v) is 3.36. The first-order chi connectivity index (χ1) is 10.0. The Labute approximate surface area is 125 Å². The zero-order valence-corrected chi connectivity index (χ0v) is 12.9. The fraction of sp³-hybridized carbons (Fsp3) is 0.533. The highest BCUT2D eigenvalue weighted by Crippen LogP contribution is 2.29. The van der Waals surface area contributed by atoms with Crippen molar-refractivity contribution in [3.8, 4) is 11.5 Å². The van der Waals surface area contributed by atoms with Crippen molar-refractivity contribution in [1.29, 1.82) is 0 Å². The van der Waals surface area contributed by atoms with Crippen LogP contribution < -0.4 is 14.8 Å². The molecule has 1 fully saturated rings. The number of carbonyl (C=O) groups is 1. The number of methoxy groups -OCH3 is 2. The summed E-state index contributed by atoms with van der Waals surface area (Å²) in [4.78, 5) is 14.1. The molecular weight excluding hydrogens is 272 g/mol. The van der Waals surface area contributed by atoms with Gasteiger partial charge < -0.3 is 24.4 Å². The van der Waals surface area contributed by atoms with Crippen molar-refractivity contribution in [2.75, 3.05) is 32.6 Å². The number of ether oxygens (including phenoxy) is 3. The molecule has 1 aliphatic rings. The number of morpholine rings is 1. The Morgan fingerprint density at radius 3 is 2.48 bits per heavy atom. The van der Waals surface area contributed by atoms with Gasteiger partial charge in [0.1, 0.15) is 11.5 Å². The van der Waals surface area contributed by atoms with Gasteiger partial charge in [-0.2, -0.15) is 0 Å². The summed E-state index contributed by atoms with van der Waals surface area (Å²) >= 11 is 0.